The average Bonchev–Trinajstić information content (AvgIpc) is 3.23. The number of hydrogen-bond donors (Lipinski definition) is 1. The van der Waals surface area contributed by atoms with Gasteiger partial charge in [0, 0.05) is 46.5 Å². The van der Waals surface area contributed by atoms with Crippen molar-refractivity contribution in [2.24, 2.45) is 12.0 Å². The normalized spacial score (nSPS) is 21.4. The van der Waals surface area contributed by atoms with Crippen molar-refractivity contribution >= 4 is 41.5 Å². The molecule has 3 heterocycles. The Morgan fingerprint density at radius 2 is 2.32 bits per heavy atom. The maximum atomic E-state index is 12.5. The highest BCUT2D eigenvalue weighted by atomic mass is 127. The Morgan fingerprint density at radius 1 is 1.48 bits per heavy atom. The van der Waals surface area contributed by atoms with E-state index in [2.05, 4.69) is 15.4 Å². The molecule has 3 rings (SSSR count). The van der Waals surface area contributed by atoms with E-state index < -0.39 is 0 Å². The van der Waals surface area contributed by atoms with Gasteiger partial charge in [-0.25, -0.2) is 0 Å². The molecule has 0 radical (unpaired) electrons. The van der Waals surface area contributed by atoms with Crippen molar-refractivity contribution in [2.75, 3.05) is 44.7 Å². The lowest BCUT2D eigenvalue weighted by Gasteiger charge is -2.35. The van der Waals surface area contributed by atoms with Gasteiger partial charge in [0.1, 0.15) is 6.54 Å². The molecule has 1 N–H and O–H groups in total. The number of amides is 1. The molecule has 0 spiro atoms. The lowest BCUT2D eigenvalue weighted by atomic mass is 10.2. The standard InChI is InChI=1S/C16H26N6O2.HI/c1-17-16(18-6-5-14-4-3-9-24-14)21-7-8-22(15(23)12-21)13-10-19-20(2)11-13;/h10-11,14H,3-9,12H2,1-2H3,(H,17,18);1H. The predicted molar refractivity (Wildman–Crippen MR) is 108 cm³/mol. The van der Waals surface area contributed by atoms with Gasteiger partial charge < -0.3 is 19.9 Å². The van der Waals surface area contributed by atoms with Gasteiger partial charge in [0.15, 0.2) is 5.96 Å². The zero-order chi connectivity index (χ0) is 16.9. The van der Waals surface area contributed by atoms with Crippen LogP contribution in [0.4, 0.5) is 5.69 Å². The fraction of sp³-hybridized carbons (Fsp3) is 0.688. The number of aromatic nitrogens is 2. The monoisotopic (exact) mass is 462 g/mol. The SMILES string of the molecule is CN=C(NCCC1CCCO1)N1CCN(c2cnn(C)c2)C(=O)C1.I. The van der Waals surface area contributed by atoms with Crippen LogP contribution in [-0.4, -0.2) is 72.5 Å². The van der Waals surface area contributed by atoms with Crippen LogP contribution in [0.5, 0.6) is 0 Å². The molecule has 1 aromatic heterocycles. The molecule has 1 aromatic rings. The highest BCUT2D eigenvalue weighted by Gasteiger charge is 2.27. The van der Waals surface area contributed by atoms with Gasteiger partial charge in [0.05, 0.1) is 18.0 Å². The van der Waals surface area contributed by atoms with E-state index in [9.17, 15) is 4.79 Å². The van der Waals surface area contributed by atoms with Gasteiger partial charge in [-0.05, 0) is 19.3 Å². The number of piperazine rings is 1. The van der Waals surface area contributed by atoms with E-state index in [1.54, 1.807) is 22.8 Å². The van der Waals surface area contributed by atoms with E-state index in [1.807, 2.05) is 18.1 Å². The Bertz CT molecular complexity index is 599. The summed E-state index contributed by atoms with van der Waals surface area (Å²) in [4.78, 5) is 20.6. The van der Waals surface area contributed by atoms with Crippen molar-refractivity contribution in [3.63, 3.8) is 0 Å². The van der Waals surface area contributed by atoms with E-state index in [1.165, 1.54) is 0 Å². The zero-order valence-electron chi connectivity index (χ0n) is 14.8. The van der Waals surface area contributed by atoms with E-state index in [0.717, 1.165) is 50.6 Å². The van der Waals surface area contributed by atoms with Gasteiger partial charge in [-0.3, -0.25) is 14.5 Å². The van der Waals surface area contributed by atoms with Crippen LogP contribution in [0, 0.1) is 0 Å². The Labute approximate surface area is 165 Å². The van der Waals surface area contributed by atoms with Gasteiger partial charge in [0.25, 0.3) is 0 Å². The van der Waals surface area contributed by atoms with Crippen molar-refractivity contribution in [2.45, 2.75) is 25.4 Å². The number of nitrogens with one attached hydrogen (secondary N) is 1. The van der Waals surface area contributed by atoms with E-state index in [4.69, 9.17) is 4.74 Å². The minimum atomic E-state index is 0. The number of anilines is 1. The number of rotatable bonds is 4. The summed E-state index contributed by atoms with van der Waals surface area (Å²) in [5.74, 6) is 0.850. The summed E-state index contributed by atoms with van der Waals surface area (Å²) >= 11 is 0. The summed E-state index contributed by atoms with van der Waals surface area (Å²) < 4.78 is 7.34. The molecule has 2 fully saturated rings. The van der Waals surface area contributed by atoms with Crippen LogP contribution in [0.1, 0.15) is 19.3 Å². The maximum Gasteiger partial charge on any atom is 0.246 e. The molecule has 0 saturated carbocycles. The summed E-state index contributed by atoms with van der Waals surface area (Å²) in [6, 6.07) is 0. The summed E-state index contributed by atoms with van der Waals surface area (Å²) in [7, 11) is 3.61. The van der Waals surface area contributed by atoms with Crippen molar-refractivity contribution < 1.29 is 9.53 Å². The quantitative estimate of drug-likeness (QED) is 0.408. The zero-order valence-corrected chi connectivity index (χ0v) is 17.2. The first kappa shape index (κ1) is 20.0. The lowest BCUT2D eigenvalue weighted by Crippen LogP contribution is -2.55. The number of ether oxygens (including phenoxy) is 1. The third kappa shape index (κ3) is 5.06. The number of hydrogen-bond acceptors (Lipinski definition) is 4. The number of guanidine groups is 1. The second-order valence-corrected chi connectivity index (χ2v) is 6.24. The molecule has 9 heteroatoms. The second kappa shape index (κ2) is 9.37. The first-order valence-electron chi connectivity index (χ1n) is 8.53. The van der Waals surface area contributed by atoms with Gasteiger partial charge >= 0.3 is 0 Å². The van der Waals surface area contributed by atoms with Crippen LogP contribution in [0.25, 0.3) is 0 Å². The molecule has 140 valence electrons. The number of aliphatic imine (C=N–C) groups is 1. The molecule has 0 aliphatic carbocycles. The molecule has 8 nitrogen and oxygen atoms in total. The molecule has 25 heavy (non-hydrogen) atoms. The van der Waals surface area contributed by atoms with Gasteiger partial charge in [-0.2, -0.15) is 5.10 Å². The second-order valence-electron chi connectivity index (χ2n) is 6.24. The summed E-state index contributed by atoms with van der Waals surface area (Å²) in [5.41, 5.74) is 0.850. The molecule has 0 aromatic carbocycles. The van der Waals surface area contributed by atoms with Gasteiger partial charge in [-0.1, -0.05) is 0 Å². The topological polar surface area (TPSA) is 75.0 Å². The molecule has 0 bridgehead atoms. The van der Waals surface area contributed by atoms with Crippen LogP contribution in [-0.2, 0) is 16.6 Å². The van der Waals surface area contributed by atoms with Crippen LogP contribution >= 0.6 is 24.0 Å². The van der Waals surface area contributed by atoms with E-state index in [-0.39, 0.29) is 29.9 Å². The molecule has 2 aliphatic heterocycles. The average molecular weight is 462 g/mol. The predicted octanol–water partition coefficient (Wildman–Crippen LogP) is 0.831. The van der Waals surface area contributed by atoms with Crippen LogP contribution in [0.2, 0.25) is 0 Å². The van der Waals surface area contributed by atoms with E-state index >= 15 is 0 Å². The van der Waals surface area contributed by atoms with Crippen molar-refractivity contribution in [1.82, 2.24) is 20.0 Å². The number of nitrogens with zero attached hydrogens (tertiary/aromatic N) is 5. The third-order valence-corrected chi connectivity index (χ3v) is 4.51. The lowest BCUT2D eigenvalue weighted by molar-refractivity contribution is -0.120. The van der Waals surface area contributed by atoms with Crippen LogP contribution in [0.3, 0.4) is 0 Å². The first-order valence-corrected chi connectivity index (χ1v) is 8.53. The van der Waals surface area contributed by atoms with Gasteiger partial charge in [-0.15, -0.1) is 24.0 Å². The van der Waals surface area contributed by atoms with Crippen molar-refractivity contribution in [3.05, 3.63) is 12.4 Å². The summed E-state index contributed by atoms with van der Waals surface area (Å²) in [5, 5.41) is 7.49. The largest absolute Gasteiger partial charge is 0.378 e. The smallest absolute Gasteiger partial charge is 0.246 e. The highest BCUT2D eigenvalue weighted by molar-refractivity contribution is 14.0. The van der Waals surface area contributed by atoms with Gasteiger partial charge in [0.2, 0.25) is 5.91 Å². The molecule has 1 amide bonds. The molecule has 1 unspecified atom stereocenters. The van der Waals surface area contributed by atoms with Crippen molar-refractivity contribution in [3.8, 4) is 0 Å². The fourth-order valence-corrected chi connectivity index (χ4v) is 3.22. The Morgan fingerprint density at radius 3 is 2.92 bits per heavy atom. The number of carbonyl (C=O) groups is 1. The molecule has 2 saturated heterocycles. The Balaban J connectivity index is 0.00000225. The van der Waals surface area contributed by atoms with Crippen molar-refractivity contribution in [1.29, 1.82) is 0 Å². The Hall–Kier alpha value is -1.36. The minimum Gasteiger partial charge on any atom is -0.378 e. The molecule has 2 aliphatic rings. The maximum absolute atomic E-state index is 12.5. The third-order valence-electron chi connectivity index (χ3n) is 4.51. The highest BCUT2D eigenvalue weighted by Crippen LogP contribution is 2.16. The van der Waals surface area contributed by atoms with E-state index in [0.29, 0.717) is 19.2 Å². The molecule has 1 atom stereocenters. The molecular weight excluding hydrogens is 435 g/mol. The molecular formula is C16H27IN6O2. The fourth-order valence-electron chi connectivity index (χ4n) is 3.22. The minimum absolute atomic E-state index is 0. The number of halogens is 1. The first-order chi connectivity index (χ1) is 11.7. The summed E-state index contributed by atoms with van der Waals surface area (Å²) in [6.07, 6.45) is 7.22. The number of aryl methyl sites for hydroxylation is 1. The van der Waals surface area contributed by atoms with Crippen LogP contribution in [0.15, 0.2) is 17.4 Å². The number of carbonyl (C=O) groups excluding carboxylic acids is 1. The Kier molecular flexibility index (Phi) is 7.48. The van der Waals surface area contributed by atoms with Crippen LogP contribution < -0.4 is 10.2 Å². The summed E-state index contributed by atoms with van der Waals surface area (Å²) in [6.45, 7) is 3.41.